The standard InChI is InChI=1S/C9H11O4/c1-12-7-3-6(5-10)9(11)8(4-7)13-2/h3-4,11H,5H2,1-2H3. The summed E-state index contributed by atoms with van der Waals surface area (Å²) in [5, 5.41) is 20.0. The maximum Gasteiger partial charge on any atom is 0.164 e. The molecule has 1 radical (unpaired) electrons. The Kier molecular flexibility index (Phi) is 2.97. The largest absolute Gasteiger partial charge is 0.504 e. The van der Waals surface area contributed by atoms with E-state index in [0.29, 0.717) is 5.75 Å². The average Bonchev–Trinajstić information content (AvgIpc) is 2.18. The highest BCUT2D eigenvalue weighted by Crippen LogP contribution is 2.34. The molecule has 0 aliphatic rings. The van der Waals surface area contributed by atoms with E-state index < -0.39 is 6.61 Å². The third-order valence-electron chi connectivity index (χ3n) is 1.74. The van der Waals surface area contributed by atoms with Gasteiger partial charge < -0.3 is 14.6 Å². The van der Waals surface area contributed by atoms with E-state index in [4.69, 9.17) is 9.47 Å². The Balaban J connectivity index is 3.20. The van der Waals surface area contributed by atoms with Crippen molar-refractivity contribution in [2.45, 2.75) is 6.61 Å². The second-order valence-electron chi connectivity index (χ2n) is 2.48. The number of benzene rings is 1. The summed E-state index contributed by atoms with van der Waals surface area (Å²) in [6.07, 6.45) is 0. The van der Waals surface area contributed by atoms with E-state index in [0.717, 1.165) is 0 Å². The molecule has 1 aromatic rings. The summed E-state index contributed by atoms with van der Waals surface area (Å²) in [5.74, 6) is 0.643. The van der Waals surface area contributed by atoms with Crippen LogP contribution in [-0.4, -0.2) is 19.3 Å². The summed E-state index contributed by atoms with van der Waals surface area (Å²) in [5.41, 5.74) is 0.274. The maximum absolute atomic E-state index is 10.6. The van der Waals surface area contributed by atoms with Gasteiger partial charge in [-0.25, -0.2) is 5.11 Å². The fourth-order valence-electron chi connectivity index (χ4n) is 1.02. The quantitative estimate of drug-likeness (QED) is 0.769. The summed E-state index contributed by atoms with van der Waals surface area (Å²) >= 11 is 0. The molecule has 0 fully saturated rings. The second kappa shape index (κ2) is 4.00. The molecule has 0 atom stereocenters. The number of phenols is 1. The van der Waals surface area contributed by atoms with Crippen LogP contribution in [0.4, 0.5) is 0 Å². The molecule has 1 rings (SSSR count). The fourth-order valence-corrected chi connectivity index (χ4v) is 1.02. The predicted octanol–water partition coefficient (Wildman–Crippen LogP) is 1.34. The number of hydrogen-bond acceptors (Lipinski definition) is 3. The lowest BCUT2D eigenvalue weighted by Crippen LogP contribution is -1.92. The highest BCUT2D eigenvalue weighted by atomic mass is 16.5. The molecule has 4 heteroatoms. The Morgan fingerprint density at radius 3 is 2.46 bits per heavy atom. The zero-order chi connectivity index (χ0) is 9.84. The lowest BCUT2D eigenvalue weighted by atomic mass is 10.2. The van der Waals surface area contributed by atoms with Gasteiger partial charge in [0.1, 0.15) is 12.4 Å². The summed E-state index contributed by atoms with van der Waals surface area (Å²) in [6.45, 7) is -0.501. The lowest BCUT2D eigenvalue weighted by Gasteiger charge is -2.09. The fraction of sp³-hybridized carbons (Fsp3) is 0.333. The van der Waals surface area contributed by atoms with Gasteiger partial charge in [-0.1, -0.05) is 0 Å². The minimum Gasteiger partial charge on any atom is -0.504 e. The molecule has 1 N–H and O–H groups in total. The normalized spacial score (nSPS) is 9.77. The van der Waals surface area contributed by atoms with E-state index in [1.165, 1.54) is 26.4 Å². The highest BCUT2D eigenvalue weighted by molar-refractivity contribution is 5.50. The Hall–Kier alpha value is -1.42. The first-order chi connectivity index (χ1) is 6.22. The van der Waals surface area contributed by atoms with Crippen LogP contribution in [0.3, 0.4) is 0 Å². The highest BCUT2D eigenvalue weighted by Gasteiger charge is 2.10. The molecule has 71 valence electrons. The number of methoxy groups -OCH3 is 2. The maximum atomic E-state index is 10.6. The van der Waals surface area contributed by atoms with E-state index in [9.17, 15) is 10.2 Å². The molecule has 0 aliphatic carbocycles. The molecule has 13 heavy (non-hydrogen) atoms. The van der Waals surface area contributed by atoms with Gasteiger partial charge in [-0.3, -0.25) is 0 Å². The van der Waals surface area contributed by atoms with Crippen LogP contribution < -0.4 is 9.47 Å². The Bertz CT molecular complexity index is 271. The van der Waals surface area contributed by atoms with Crippen molar-refractivity contribution < 1.29 is 19.7 Å². The van der Waals surface area contributed by atoms with E-state index in [1.54, 1.807) is 0 Å². The van der Waals surface area contributed by atoms with Gasteiger partial charge in [-0.15, -0.1) is 0 Å². The third-order valence-corrected chi connectivity index (χ3v) is 1.74. The van der Waals surface area contributed by atoms with E-state index in [-0.39, 0.29) is 17.1 Å². The SMILES string of the molecule is COc1cc(C[O])c(O)c(OC)c1. The summed E-state index contributed by atoms with van der Waals surface area (Å²) < 4.78 is 9.79. The molecule has 0 unspecified atom stereocenters. The average molecular weight is 183 g/mol. The van der Waals surface area contributed by atoms with Gasteiger partial charge in [-0.2, -0.15) is 0 Å². The Morgan fingerprint density at radius 2 is 2.00 bits per heavy atom. The molecular formula is C9H11O4. The van der Waals surface area contributed by atoms with E-state index in [1.807, 2.05) is 0 Å². The van der Waals surface area contributed by atoms with Crippen molar-refractivity contribution in [2.75, 3.05) is 14.2 Å². The van der Waals surface area contributed by atoms with Crippen LogP contribution in [0.1, 0.15) is 5.56 Å². The summed E-state index contributed by atoms with van der Waals surface area (Å²) in [7, 11) is 2.91. The van der Waals surface area contributed by atoms with Crippen LogP contribution in [-0.2, 0) is 11.7 Å². The first-order valence-corrected chi connectivity index (χ1v) is 3.75. The zero-order valence-electron chi connectivity index (χ0n) is 7.53. The van der Waals surface area contributed by atoms with Gasteiger partial charge in [0.05, 0.1) is 14.2 Å². The molecule has 0 saturated heterocycles. The van der Waals surface area contributed by atoms with Crippen LogP contribution in [0.15, 0.2) is 12.1 Å². The van der Waals surface area contributed by atoms with Crippen molar-refractivity contribution in [1.82, 2.24) is 0 Å². The number of rotatable bonds is 3. The molecular weight excluding hydrogens is 172 g/mol. The topological polar surface area (TPSA) is 58.6 Å². The minimum atomic E-state index is -0.501. The van der Waals surface area contributed by atoms with E-state index in [2.05, 4.69) is 0 Å². The van der Waals surface area contributed by atoms with Gasteiger partial charge in [0.25, 0.3) is 0 Å². The zero-order valence-corrected chi connectivity index (χ0v) is 7.53. The number of ether oxygens (including phenoxy) is 2. The molecule has 0 aliphatic heterocycles. The van der Waals surface area contributed by atoms with Crippen LogP contribution in [0.25, 0.3) is 0 Å². The van der Waals surface area contributed by atoms with Crippen molar-refractivity contribution in [3.05, 3.63) is 17.7 Å². The molecule has 0 bridgehead atoms. The van der Waals surface area contributed by atoms with Crippen molar-refractivity contribution in [2.24, 2.45) is 0 Å². The minimum absolute atomic E-state index is 0.113. The first kappa shape index (κ1) is 9.67. The van der Waals surface area contributed by atoms with Gasteiger partial charge in [0.15, 0.2) is 11.5 Å². The number of aromatic hydroxyl groups is 1. The number of phenolic OH excluding ortho intramolecular Hbond substituents is 1. The van der Waals surface area contributed by atoms with Crippen molar-refractivity contribution in [1.29, 1.82) is 0 Å². The summed E-state index contributed by atoms with van der Waals surface area (Å²) in [6, 6.07) is 3.01. The monoisotopic (exact) mass is 183 g/mol. The van der Waals surface area contributed by atoms with E-state index >= 15 is 0 Å². The van der Waals surface area contributed by atoms with Crippen molar-refractivity contribution in [3.63, 3.8) is 0 Å². The van der Waals surface area contributed by atoms with Gasteiger partial charge in [0.2, 0.25) is 0 Å². The number of hydrogen-bond donors (Lipinski definition) is 1. The summed E-state index contributed by atoms with van der Waals surface area (Å²) in [4.78, 5) is 0. The molecule has 0 spiro atoms. The molecule has 0 saturated carbocycles. The third kappa shape index (κ3) is 1.84. The predicted molar refractivity (Wildman–Crippen MR) is 45.6 cm³/mol. The molecule has 1 aromatic carbocycles. The first-order valence-electron chi connectivity index (χ1n) is 3.75. The van der Waals surface area contributed by atoms with Gasteiger partial charge >= 0.3 is 0 Å². The van der Waals surface area contributed by atoms with Crippen molar-refractivity contribution in [3.8, 4) is 17.2 Å². The Morgan fingerprint density at radius 1 is 1.31 bits per heavy atom. The second-order valence-corrected chi connectivity index (χ2v) is 2.48. The van der Waals surface area contributed by atoms with Crippen LogP contribution in [0.2, 0.25) is 0 Å². The molecule has 0 aromatic heterocycles. The van der Waals surface area contributed by atoms with Crippen molar-refractivity contribution >= 4 is 0 Å². The molecule has 0 heterocycles. The smallest absolute Gasteiger partial charge is 0.164 e. The van der Waals surface area contributed by atoms with Crippen LogP contribution in [0.5, 0.6) is 17.2 Å². The molecule has 4 nitrogen and oxygen atoms in total. The van der Waals surface area contributed by atoms with Crippen LogP contribution in [0, 0.1) is 0 Å². The Labute approximate surface area is 76.3 Å². The van der Waals surface area contributed by atoms with Gasteiger partial charge in [-0.05, 0) is 6.07 Å². The molecule has 0 amide bonds. The van der Waals surface area contributed by atoms with Crippen LogP contribution >= 0.6 is 0 Å². The lowest BCUT2D eigenvalue weighted by molar-refractivity contribution is 0.173. The van der Waals surface area contributed by atoms with Gasteiger partial charge in [0, 0.05) is 11.6 Å².